The molecule has 6 heteroatoms. The number of phenols is 1. The molecule has 6 nitrogen and oxygen atoms in total. The van der Waals surface area contributed by atoms with Crippen molar-refractivity contribution in [3.63, 3.8) is 0 Å². The molecule has 110 valence electrons. The second-order valence-electron chi connectivity index (χ2n) is 4.65. The Kier molecular flexibility index (Phi) is 6.52. The van der Waals surface area contributed by atoms with Crippen LogP contribution < -0.4 is 16.4 Å². The van der Waals surface area contributed by atoms with Gasteiger partial charge in [0.2, 0.25) is 11.8 Å². The van der Waals surface area contributed by atoms with E-state index in [9.17, 15) is 14.7 Å². The van der Waals surface area contributed by atoms with Crippen LogP contribution >= 0.6 is 0 Å². The van der Waals surface area contributed by atoms with Gasteiger partial charge >= 0.3 is 0 Å². The molecule has 1 atom stereocenters. The topological polar surface area (TPSA) is 104 Å². The summed E-state index contributed by atoms with van der Waals surface area (Å²) in [5, 5.41) is 14.4. The molecule has 0 aliphatic carbocycles. The molecular weight excluding hydrogens is 258 g/mol. The Morgan fingerprint density at radius 3 is 2.50 bits per heavy atom. The Hall–Kier alpha value is -2.08. The summed E-state index contributed by atoms with van der Waals surface area (Å²) in [6, 6.07) is 6.99. The van der Waals surface area contributed by atoms with E-state index in [1.807, 2.05) is 19.1 Å². The van der Waals surface area contributed by atoms with Crippen LogP contribution in [0.15, 0.2) is 24.3 Å². The summed E-state index contributed by atoms with van der Waals surface area (Å²) in [6.45, 7) is 1.73. The summed E-state index contributed by atoms with van der Waals surface area (Å²) in [6.07, 6.45) is 1.58. The van der Waals surface area contributed by atoms with Crippen molar-refractivity contribution in [2.24, 2.45) is 5.73 Å². The molecule has 0 saturated heterocycles. The summed E-state index contributed by atoms with van der Waals surface area (Å²) >= 11 is 0. The van der Waals surface area contributed by atoms with Gasteiger partial charge in [0, 0.05) is 6.04 Å². The first-order valence-corrected chi connectivity index (χ1v) is 6.55. The highest BCUT2D eigenvalue weighted by Gasteiger charge is 2.08. The van der Waals surface area contributed by atoms with Crippen molar-refractivity contribution in [3.05, 3.63) is 29.8 Å². The van der Waals surface area contributed by atoms with Crippen molar-refractivity contribution < 1.29 is 14.7 Å². The van der Waals surface area contributed by atoms with Gasteiger partial charge in [-0.05, 0) is 37.5 Å². The first-order chi connectivity index (χ1) is 9.51. The number of amides is 2. The molecular formula is C14H21N3O3. The number of phenolic OH excluding ortho intramolecular Hbond substituents is 1. The van der Waals surface area contributed by atoms with Crippen molar-refractivity contribution in [1.29, 1.82) is 0 Å². The molecule has 0 saturated carbocycles. The predicted molar refractivity (Wildman–Crippen MR) is 76.1 cm³/mol. The SMILES string of the molecule is CC(CCc1ccc(O)cc1)NC(=O)CNC(=O)CN. The number of carbonyl (C=O) groups is 2. The summed E-state index contributed by atoms with van der Waals surface area (Å²) in [5.74, 6) is -0.340. The van der Waals surface area contributed by atoms with E-state index in [-0.39, 0.29) is 36.7 Å². The van der Waals surface area contributed by atoms with E-state index in [0.29, 0.717) is 0 Å². The molecule has 0 heterocycles. The Bertz CT molecular complexity index is 445. The summed E-state index contributed by atoms with van der Waals surface area (Å²) in [7, 11) is 0. The van der Waals surface area contributed by atoms with Gasteiger partial charge in [-0.3, -0.25) is 9.59 Å². The number of nitrogens with one attached hydrogen (secondary N) is 2. The van der Waals surface area contributed by atoms with Crippen LogP contribution in [0.4, 0.5) is 0 Å². The maximum atomic E-state index is 11.5. The van der Waals surface area contributed by atoms with E-state index in [4.69, 9.17) is 5.73 Å². The first-order valence-electron chi connectivity index (χ1n) is 6.55. The molecule has 0 fully saturated rings. The second kappa shape index (κ2) is 8.16. The lowest BCUT2D eigenvalue weighted by Gasteiger charge is -2.14. The lowest BCUT2D eigenvalue weighted by Crippen LogP contribution is -2.42. The maximum Gasteiger partial charge on any atom is 0.239 e. The Morgan fingerprint density at radius 1 is 1.25 bits per heavy atom. The molecule has 0 aromatic heterocycles. The van der Waals surface area contributed by atoms with Gasteiger partial charge in [-0.2, -0.15) is 0 Å². The van der Waals surface area contributed by atoms with Gasteiger partial charge in [-0.15, -0.1) is 0 Å². The van der Waals surface area contributed by atoms with Crippen LogP contribution in [-0.4, -0.2) is 36.1 Å². The fourth-order valence-corrected chi connectivity index (χ4v) is 1.69. The molecule has 20 heavy (non-hydrogen) atoms. The van der Waals surface area contributed by atoms with Crippen molar-refractivity contribution in [1.82, 2.24) is 10.6 Å². The first kappa shape index (κ1) is 16.0. The number of hydrogen-bond donors (Lipinski definition) is 4. The van der Waals surface area contributed by atoms with Gasteiger partial charge in [-0.25, -0.2) is 0 Å². The zero-order valence-corrected chi connectivity index (χ0v) is 11.6. The van der Waals surface area contributed by atoms with Crippen molar-refractivity contribution in [2.75, 3.05) is 13.1 Å². The smallest absolute Gasteiger partial charge is 0.239 e. The van der Waals surface area contributed by atoms with Crippen molar-refractivity contribution >= 4 is 11.8 Å². The third-order valence-electron chi connectivity index (χ3n) is 2.84. The monoisotopic (exact) mass is 279 g/mol. The molecule has 0 spiro atoms. The summed E-state index contributed by atoms with van der Waals surface area (Å²) in [4.78, 5) is 22.4. The third-order valence-corrected chi connectivity index (χ3v) is 2.84. The third kappa shape index (κ3) is 6.19. The van der Waals surface area contributed by atoms with Crippen LogP contribution in [0.2, 0.25) is 0 Å². The van der Waals surface area contributed by atoms with Crippen LogP contribution in [0.5, 0.6) is 5.75 Å². The van der Waals surface area contributed by atoms with Gasteiger partial charge in [0.05, 0.1) is 13.1 Å². The Morgan fingerprint density at radius 2 is 1.90 bits per heavy atom. The number of aromatic hydroxyl groups is 1. The number of carbonyl (C=O) groups excluding carboxylic acids is 2. The van der Waals surface area contributed by atoms with E-state index in [0.717, 1.165) is 18.4 Å². The van der Waals surface area contributed by atoms with E-state index < -0.39 is 0 Å². The van der Waals surface area contributed by atoms with Crippen molar-refractivity contribution in [3.8, 4) is 5.75 Å². The van der Waals surface area contributed by atoms with E-state index in [1.54, 1.807) is 12.1 Å². The molecule has 0 radical (unpaired) electrons. The number of benzene rings is 1. The summed E-state index contributed by atoms with van der Waals surface area (Å²) < 4.78 is 0. The quantitative estimate of drug-likeness (QED) is 0.559. The zero-order valence-electron chi connectivity index (χ0n) is 11.6. The average molecular weight is 279 g/mol. The molecule has 1 aromatic rings. The Labute approximate surface area is 118 Å². The second-order valence-corrected chi connectivity index (χ2v) is 4.65. The average Bonchev–Trinajstić information content (AvgIpc) is 2.44. The zero-order chi connectivity index (χ0) is 15.0. The van der Waals surface area contributed by atoms with E-state index in [2.05, 4.69) is 10.6 Å². The van der Waals surface area contributed by atoms with Crippen LogP contribution in [0.25, 0.3) is 0 Å². The fourth-order valence-electron chi connectivity index (χ4n) is 1.69. The van der Waals surface area contributed by atoms with Crippen LogP contribution in [0.3, 0.4) is 0 Å². The molecule has 2 amide bonds. The maximum absolute atomic E-state index is 11.5. The van der Waals surface area contributed by atoms with E-state index >= 15 is 0 Å². The fraction of sp³-hybridized carbons (Fsp3) is 0.429. The number of rotatable bonds is 7. The summed E-state index contributed by atoms with van der Waals surface area (Å²) in [5.41, 5.74) is 6.22. The standard InChI is InChI=1S/C14H21N3O3/c1-10(17-14(20)9-16-13(19)8-15)2-3-11-4-6-12(18)7-5-11/h4-7,10,18H,2-3,8-9,15H2,1H3,(H,16,19)(H,17,20). The lowest BCUT2D eigenvalue weighted by molar-refractivity contribution is -0.125. The van der Waals surface area contributed by atoms with Gasteiger partial charge in [0.25, 0.3) is 0 Å². The van der Waals surface area contributed by atoms with Gasteiger partial charge in [0.1, 0.15) is 5.75 Å². The largest absolute Gasteiger partial charge is 0.508 e. The van der Waals surface area contributed by atoms with E-state index in [1.165, 1.54) is 0 Å². The Balaban J connectivity index is 2.25. The van der Waals surface area contributed by atoms with Gasteiger partial charge in [0.15, 0.2) is 0 Å². The van der Waals surface area contributed by atoms with Crippen molar-refractivity contribution in [2.45, 2.75) is 25.8 Å². The molecule has 1 aromatic carbocycles. The molecule has 5 N–H and O–H groups in total. The molecule has 1 unspecified atom stereocenters. The molecule has 0 bridgehead atoms. The minimum absolute atomic E-state index is 0.00563. The highest BCUT2D eigenvalue weighted by atomic mass is 16.3. The van der Waals surface area contributed by atoms with Crippen LogP contribution in [0, 0.1) is 0 Å². The lowest BCUT2D eigenvalue weighted by atomic mass is 10.1. The minimum Gasteiger partial charge on any atom is -0.508 e. The highest BCUT2D eigenvalue weighted by molar-refractivity contribution is 5.85. The highest BCUT2D eigenvalue weighted by Crippen LogP contribution is 2.11. The molecule has 0 aliphatic rings. The number of aryl methyl sites for hydroxylation is 1. The normalized spacial score (nSPS) is 11.7. The van der Waals surface area contributed by atoms with Gasteiger partial charge in [-0.1, -0.05) is 12.1 Å². The number of nitrogens with two attached hydrogens (primary N) is 1. The molecule has 1 rings (SSSR count). The predicted octanol–water partition coefficient (Wildman–Crippen LogP) is -0.0956. The van der Waals surface area contributed by atoms with Crippen LogP contribution in [-0.2, 0) is 16.0 Å². The number of hydrogen-bond acceptors (Lipinski definition) is 4. The molecule has 0 aliphatic heterocycles. The van der Waals surface area contributed by atoms with Crippen LogP contribution in [0.1, 0.15) is 18.9 Å². The minimum atomic E-state index is -0.350. The van der Waals surface area contributed by atoms with Gasteiger partial charge < -0.3 is 21.5 Å².